The van der Waals surface area contributed by atoms with Crippen molar-refractivity contribution in [3.63, 3.8) is 0 Å². The molecule has 0 aliphatic carbocycles. The first-order valence-corrected chi connectivity index (χ1v) is 8.80. The molecule has 0 unspecified atom stereocenters. The molecular weight excluding hydrogens is 336 g/mol. The third-order valence-corrected chi connectivity index (χ3v) is 5.21. The zero-order valence-corrected chi connectivity index (χ0v) is 15.0. The van der Waals surface area contributed by atoms with Crippen LogP contribution in [0.2, 0.25) is 0 Å². The van der Waals surface area contributed by atoms with Gasteiger partial charge in [-0.1, -0.05) is 0 Å². The molecule has 2 fully saturated rings. The van der Waals surface area contributed by atoms with Crippen LogP contribution < -0.4 is 4.74 Å². The van der Waals surface area contributed by atoms with Crippen LogP contribution in [0.15, 0.2) is 24.4 Å². The van der Waals surface area contributed by atoms with Gasteiger partial charge in [-0.2, -0.15) is 0 Å². The second-order valence-electron chi connectivity index (χ2n) is 6.71. The van der Waals surface area contributed by atoms with Crippen molar-refractivity contribution in [2.75, 3.05) is 33.4 Å². The second kappa shape index (κ2) is 6.41. The van der Waals surface area contributed by atoms with Crippen LogP contribution in [0.4, 0.5) is 0 Å². The maximum Gasteiger partial charge on any atom is 0.256 e. The Bertz CT molecular complexity index is 856. The van der Waals surface area contributed by atoms with Gasteiger partial charge in [0.25, 0.3) is 5.91 Å². The Labute approximate surface area is 151 Å². The first kappa shape index (κ1) is 17.1. The van der Waals surface area contributed by atoms with Crippen LogP contribution in [0.5, 0.6) is 5.75 Å². The van der Waals surface area contributed by atoms with Crippen molar-refractivity contribution in [1.29, 1.82) is 0 Å². The standard InChI is InChI=1S/C19H22N2O5/c1-13(22)21-12-16(15-11-14(24-2)3-4-17(15)21)18(23)20-7-5-19(6-8-20)25-9-10-26-19/h3-4,11-12H,5-10H2,1-2H3. The van der Waals surface area contributed by atoms with Gasteiger partial charge < -0.3 is 19.1 Å². The maximum absolute atomic E-state index is 13.1. The van der Waals surface area contributed by atoms with Gasteiger partial charge in [0.05, 0.1) is 31.4 Å². The molecule has 2 aromatic rings. The lowest BCUT2D eigenvalue weighted by atomic mass is 10.0. The fraction of sp³-hybridized carbons (Fsp3) is 0.474. The van der Waals surface area contributed by atoms with Gasteiger partial charge in [-0.05, 0) is 18.2 Å². The van der Waals surface area contributed by atoms with Gasteiger partial charge in [0.1, 0.15) is 5.75 Å². The number of rotatable bonds is 2. The number of aromatic nitrogens is 1. The number of ether oxygens (including phenoxy) is 3. The highest BCUT2D eigenvalue weighted by Crippen LogP contribution is 2.33. The van der Waals surface area contributed by atoms with E-state index in [1.54, 1.807) is 36.4 Å². The molecule has 1 amide bonds. The third kappa shape index (κ3) is 2.77. The highest BCUT2D eigenvalue weighted by atomic mass is 16.7. The van der Waals surface area contributed by atoms with E-state index in [9.17, 15) is 9.59 Å². The molecule has 2 saturated heterocycles. The normalized spacial score (nSPS) is 19.2. The molecule has 4 rings (SSSR count). The number of piperidine rings is 1. The number of hydrogen-bond acceptors (Lipinski definition) is 5. The minimum absolute atomic E-state index is 0.0869. The van der Waals surface area contributed by atoms with Gasteiger partial charge in [-0.25, -0.2) is 0 Å². The lowest BCUT2D eigenvalue weighted by Crippen LogP contribution is -2.47. The van der Waals surface area contributed by atoms with Crippen LogP contribution in [0, 0.1) is 0 Å². The maximum atomic E-state index is 13.1. The molecule has 0 radical (unpaired) electrons. The molecule has 0 bridgehead atoms. The molecule has 2 aliphatic heterocycles. The number of nitrogens with zero attached hydrogens (tertiary/aromatic N) is 2. The lowest BCUT2D eigenvalue weighted by molar-refractivity contribution is -0.181. The molecule has 1 spiro atoms. The molecule has 7 heteroatoms. The largest absolute Gasteiger partial charge is 0.497 e. The number of carbonyl (C=O) groups excluding carboxylic acids is 2. The first-order valence-electron chi connectivity index (χ1n) is 8.80. The summed E-state index contributed by atoms with van der Waals surface area (Å²) in [6.45, 7) is 3.84. The molecule has 0 saturated carbocycles. The fourth-order valence-electron chi connectivity index (χ4n) is 3.77. The number of benzene rings is 1. The molecule has 7 nitrogen and oxygen atoms in total. The van der Waals surface area contributed by atoms with E-state index in [1.165, 1.54) is 11.5 Å². The van der Waals surface area contributed by atoms with E-state index in [0.29, 0.717) is 56.0 Å². The van der Waals surface area contributed by atoms with Gasteiger partial charge in [0.15, 0.2) is 5.79 Å². The van der Waals surface area contributed by atoms with Gasteiger partial charge in [-0.15, -0.1) is 0 Å². The van der Waals surface area contributed by atoms with E-state index < -0.39 is 5.79 Å². The van der Waals surface area contributed by atoms with Crippen LogP contribution in [-0.4, -0.2) is 60.5 Å². The number of likely N-dealkylation sites (tertiary alicyclic amines) is 1. The van der Waals surface area contributed by atoms with Crippen molar-refractivity contribution in [2.45, 2.75) is 25.6 Å². The van der Waals surface area contributed by atoms with Crippen LogP contribution in [0.3, 0.4) is 0 Å². The summed E-state index contributed by atoms with van der Waals surface area (Å²) in [5, 5.41) is 0.721. The molecule has 26 heavy (non-hydrogen) atoms. The van der Waals surface area contributed by atoms with Crippen molar-refractivity contribution < 1.29 is 23.8 Å². The Morgan fingerprint density at radius 1 is 1.15 bits per heavy atom. The number of amides is 1. The van der Waals surface area contributed by atoms with Crippen molar-refractivity contribution >= 4 is 22.7 Å². The van der Waals surface area contributed by atoms with E-state index in [-0.39, 0.29) is 11.8 Å². The molecule has 1 aromatic carbocycles. The van der Waals surface area contributed by atoms with Crippen LogP contribution >= 0.6 is 0 Å². The highest BCUT2D eigenvalue weighted by molar-refractivity contribution is 6.09. The molecule has 1 aromatic heterocycles. The molecule has 138 valence electrons. The average Bonchev–Trinajstić information content (AvgIpc) is 3.26. The smallest absolute Gasteiger partial charge is 0.256 e. The summed E-state index contributed by atoms with van der Waals surface area (Å²) in [4.78, 5) is 26.9. The van der Waals surface area contributed by atoms with E-state index in [4.69, 9.17) is 14.2 Å². The summed E-state index contributed by atoms with van der Waals surface area (Å²) < 4.78 is 18.2. The van der Waals surface area contributed by atoms with E-state index >= 15 is 0 Å². The van der Waals surface area contributed by atoms with Crippen LogP contribution in [0.1, 0.15) is 34.9 Å². The molecular formula is C19H22N2O5. The molecule has 3 heterocycles. The fourth-order valence-corrected chi connectivity index (χ4v) is 3.77. The van der Waals surface area contributed by atoms with Crippen molar-refractivity contribution in [1.82, 2.24) is 9.47 Å². The predicted octanol–water partition coefficient (Wildman–Crippen LogP) is 2.29. The minimum atomic E-state index is -0.520. The Morgan fingerprint density at radius 3 is 2.46 bits per heavy atom. The zero-order chi connectivity index (χ0) is 18.3. The molecule has 2 aliphatic rings. The Balaban J connectivity index is 1.65. The second-order valence-corrected chi connectivity index (χ2v) is 6.71. The van der Waals surface area contributed by atoms with Crippen LogP contribution in [0.25, 0.3) is 10.9 Å². The van der Waals surface area contributed by atoms with Crippen molar-refractivity contribution in [2.24, 2.45) is 0 Å². The summed E-state index contributed by atoms with van der Waals surface area (Å²) in [6, 6.07) is 5.39. The monoisotopic (exact) mass is 358 g/mol. The van der Waals surface area contributed by atoms with Crippen molar-refractivity contribution in [3.8, 4) is 5.75 Å². The number of carbonyl (C=O) groups is 2. The van der Waals surface area contributed by atoms with Gasteiger partial charge in [0.2, 0.25) is 5.91 Å². The van der Waals surface area contributed by atoms with Gasteiger partial charge >= 0.3 is 0 Å². The summed E-state index contributed by atoms with van der Waals surface area (Å²) in [7, 11) is 1.58. The van der Waals surface area contributed by atoms with Crippen LogP contribution in [-0.2, 0) is 9.47 Å². The number of fused-ring (bicyclic) bond motifs is 1. The Morgan fingerprint density at radius 2 is 1.85 bits per heavy atom. The summed E-state index contributed by atoms with van der Waals surface area (Å²) in [5.74, 6) is -0.0909. The highest BCUT2D eigenvalue weighted by Gasteiger charge is 2.41. The first-order chi connectivity index (χ1) is 12.5. The zero-order valence-electron chi connectivity index (χ0n) is 15.0. The quantitative estimate of drug-likeness (QED) is 0.824. The third-order valence-electron chi connectivity index (χ3n) is 5.21. The van der Waals surface area contributed by atoms with E-state index in [1.807, 2.05) is 0 Å². The average molecular weight is 358 g/mol. The van der Waals surface area contributed by atoms with Gasteiger partial charge in [0, 0.05) is 44.4 Å². The topological polar surface area (TPSA) is 70.0 Å². The summed E-state index contributed by atoms with van der Waals surface area (Å²) in [6.07, 6.45) is 2.95. The minimum Gasteiger partial charge on any atom is -0.497 e. The van der Waals surface area contributed by atoms with E-state index in [2.05, 4.69) is 0 Å². The predicted molar refractivity (Wildman–Crippen MR) is 94.6 cm³/mol. The van der Waals surface area contributed by atoms with E-state index in [0.717, 1.165) is 5.39 Å². The molecule has 0 N–H and O–H groups in total. The Hall–Kier alpha value is -2.38. The summed E-state index contributed by atoms with van der Waals surface area (Å²) >= 11 is 0. The Kier molecular flexibility index (Phi) is 4.20. The summed E-state index contributed by atoms with van der Waals surface area (Å²) in [5.41, 5.74) is 1.22. The van der Waals surface area contributed by atoms with Gasteiger partial charge in [-0.3, -0.25) is 14.2 Å². The van der Waals surface area contributed by atoms with Crippen molar-refractivity contribution in [3.05, 3.63) is 30.0 Å². The lowest BCUT2D eigenvalue weighted by Gasteiger charge is -2.37. The molecule has 0 atom stereocenters. The number of methoxy groups -OCH3 is 1. The SMILES string of the molecule is COc1ccc2c(c1)c(C(=O)N1CCC3(CC1)OCCO3)cn2C(C)=O. The number of hydrogen-bond donors (Lipinski definition) is 0.